The van der Waals surface area contributed by atoms with Gasteiger partial charge in [-0.1, -0.05) is 49.6 Å². The van der Waals surface area contributed by atoms with Gasteiger partial charge in [0, 0.05) is 35.3 Å². The van der Waals surface area contributed by atoms with E-state index in [1.807, 2.05) is 12.1 Å². The molecule has 0 radical (unpaired) electrons. The lowest BCUT2D eigenvalue weighted by atomic mass is 9.77. The average Bonchev–Trinajstić information content (AvgIpc) is 3.40. The number of hydrogen-bond acceptors (Lipinski definition) is 6. The van der Waals surface area contributed by atoms with Crippen molar-refractivity contribution >= 4 is 44.0 Å². The second-order valence-electron chi connectivity index (χ2n) is 12.2. The SMILES string of the molecule is CC(C)(CCF)NS(=O)(=O)c1ccc(-c2cnc(C(=O)N(CC3CCCCC3)C3CCC3C(=O)O)s2)c2ccccc12. The van der Waals surface area contributed by atoms with Gasteiger partial charge >= 0.3 is 5.97 Å². The summed E-state index contributed by atoms with van der Waals surface area (Å²) in [5, 5.41) is 11.2. The molecule has 11 heteroatoms. The fourth-order valence-corrected chi connectivity index (χ4v) is 8.77. The molecule has 2 fully saturated rings. The lowest BCUT2D eigenvalue weighted by Crippen LogP contribution is -2.54. The van der Waals surface area contributed by atoms with Crippen LogP contribution in [0.25, 0.3) is 21.2 Å². The lowest BCUT2D eigenvalue weighted by Gasteiger charge is -2.43. The van der Waals surface area contributed by atoms with Gasteiger partial charge in [-0.3, -0.25) is 14.0 Å². The van der Waals surface area contributed by atoms with Crippen LogP contribution in [0.5, 0.6) is 0 Å². The smallest absolute Gasteiger partial charge is 0.308 e. The Morgan fingerprint density at radius 2 is 1.79 bits per heavy atom. The Morgan fingerprint density at radius 1 is 1.07 bits per heavy atom. The summed E-state index contributed by atoms with van der Waals surface area (Å²) in [4.78, 5) is 32.8. The van der Waals surface area contributed by atoms with E-state index < -0.39 is 34.1 Å². The highest BCUT2D eigenvalue weighted by atomic mass is 32.2. The van der Waals surface area contributed by atoms with E-state index in [2.05, 4.69) is 9.71 Å². The van der Waals surface area contributed by atoms with Gasteiger partial charge in [0.2, 0.25) is 10.0 Å². The van der Waals surface area contributed by atoms with E-state index in [0.717, 1.165) is 31.2 Å². The number of carbonyl (C=O) groups excluding carboxylic acids is 1. The van der Waals surface area contributed by atoms with Gasteiger partial charge in [0.1, 0.15) is 0 Å². The summed E-state index contributed by atoms with van der Waals surface area (Å²) in [5.74, 6) is -1.30. The molecule has 0 spiro atoms. The number of amides is 1. The fraction of sp³-hybridized carbons (Fsp3) is 0.516. The predicted octanol–water partition coefficient (Wildman–Crippen LogP) is 6.27. The van der Waals surface area contributed by atoms with Crippen molar-refractivity contribution in [1.29, 1.82) is 0 Å². The molecule has 42 heavy (non-hydrogen) atoms. The Morgan fingerprint density at radius 3 is 2.43 bits per heavy atom. The number of carboxylic acids is 1. The van der Waals surface area contributed by atoms with Crippen molar-refractivity contribution in [3.8, 4) is 10.4 Å². The van der Waals surface area contributed by atoms with Gasteiger partial charge < -0.3 is 10.0 Å². The third-order valence-electron chi connectivity index (χ3n) is 8.65. The van der Waals surface area contributed by atoms with Crippen LogP contribution >= 0.6 is 11.3 Å². The molecule has 2 aliphatic carbocycles. The molecule has 3 aromatic rings. The van der Waals surface area contributed by atoms with Crippen LogP contribution < -0.4 is 4.72 Å². The number of hydrogen-bond donors (Lipinski definition) is 2. The number of thiazole rings is 1. The molecule has 226 valence electrons. The first-order valence-corrected chi connectivity index (χ1v) is 16.9. The maximum absolute atomic E-state index is 13.9. The van der Waals surface area contributed by atoms with Crippen LogP contribution in [-0.2, 0) is 14.8 Å². The largest absolute Gasteiger partial charge is 0.481 e. The predicted molar refractivity (Wildman–Crippen MR) is 162 cm³/mol. The summed E-state index contributed by atoms with van der Waals surface area (Å²) < 4.78 is 42.4. The zero-order chi connectivity index (χ0) is 30.1. The zero-order valence-electron chi connectivity index (χ0n) is 24.0. The Labute approximate surface area is 250 Å². The maximum atomic E-state index is 13.9. The van der Waals surface area contributed by atoms with E-state index in [0.29, 0.717) is 46.0 Å². The molecule has 2 unspecified atom stereocenters. The number of benzene rings is 2. The monoisotopic (exact) mass is 615 g/mol. The molecule has 2 aromatic carbocycles. The highest BCUT2D eigenvalue weighted by Gasteiger charge is 2.43. The molecule has 2 N–H and O–H groups in total. The summed E-state index contributed by atoms with van der Waals surface area (Å²) in [6.45, 7) is 3.20. The van der Waals surface area contributed by atoms with E-state index in [9.17, 15) is 27.5 Å². The number of aromatic nitrogens is 1. The van der Waals surface area contributed by atoms with Gasteiger partial charge in [-0.25, -0.2) is 18.1 Å². The number of aliphatic carboxylic acids is 1. The van der Waals surface area contributed by atoms with Crippen molar-refractivity contribution in [3.05, 3.63) is 47.6 Å². The number of halogens is 1. The van der Waals surface area contributed by atoms with Gasteiger partial charge in [0.05, 0.1) is 22.4 Å². The first kappa shape index (κ1) is 30.6. The minimum absolute atomic E-state index is 0.0474. The van der Waals surface area contributed by atoms with Crippen LogP contribution in [0.15, 0.2) is 47.5 Å². The van der Waals surface area contributed by atoms with Gasteiger partial charge in [-0.05, 0) is 63.3 Å². The number of carboxylic acid groups (broad SMARTS) is 1. The van der Waals surface area contributed by atoms with Crippen molar-refractivity contribution in [2.45, 2.75) is 81.7 Å². The molecule has 2 saturated carbocycles. The van der Waals surface area contributed by atoms with Gasteiger partial charge in [0.15, 0.2) is 5.01 Å². The average molecular weight is 616 g/mol. The third-order valence-corrected chi connectivity index (χ3v) is 11.4. The molecule has 0 aliphatic heterocycles. The van der Waals surface area contributed by atoms with Crippen LogP contribution in [0.4, 0.5) is 4.39 Å². The lowest BCUT2D eigenvalue weighted by molar-refractivity contribution is -0.148. The number of fused-ring (bicyclic) bond motifs is 1. The molecule has 1 aromatic heterocycles. The van der Waals surface area contributed by atoms with E-state index in [4.69, 9.17) is 0 Å². The van der Waals surface area contributed by atoms with Gasteiger partial charge in [-0.2, -0.15) is 0 Å². The number of sulfonamides is 1. The number of rotatable bonds is 11. The highest BCUT2D eigenvalue weighted by Crippen LogP contribution is 2.39. The summed E-state index contributed by atoms with van der Waals surface area (Å²) >= 11 is 1.23. The Bertz CT molecular complexity index is 1570. The quantitative estimate of drug-likeness (QED) is 0.263. The molecule has 1 amide bonds. The molecule has 5 rings (SSSR count). The van der Waals surface area contributed by atoms with Crippen molar-refractivity contribution in [1.82, 2.24) is 14.6 Å². The van der Waals surface area contributed by atoms with Crippen LogP contribution in [0.3, 0.4) is 0 Å². The topological polar surface area (TPSA) is 117 Å². The van der Waals surface area contributed by atoms with Crippen molar-refractivity contribution in [3.63, 3.8) is 0 Å². The Balaban J connectivity index is 1.46. The molecule has 2 aliphatic rings. The van der Waals surface area contributed by atoms with Gasteiger partial charge in [0.25, 0.3) is 5.91 Å². The molecular weight excluding hydrogens is 577 g/mol. The zero-order valence-corrected chi connectivity index (χ0v) is 25.6. The molecule has 0 bridgehead atoms. The number of alkyl halides is 1. The van der Waals surface area contributed by atoms with Gasteiger partial charge in [-0.15, -0.1) is 11.3 Å². The first-order valence-electron chi connectivity index (χ1n) is 14.6. The summed E-state index contributed by atoms with van der Waals surface area (Å²) in [7, 11) is -3.96. The highest BCUT2D eigenvalue weighted by molar-refractivity contribution is 7.89. The fourth-order valence-electron chi connectivity index (χ4n) is 6.21. The normalized spacial score (nSPS) is 19.9. The Kier molecular flexibility index (Phi) is 9.01. The first-order chi connectivity index (χ1) is 20.0. The minimum atomic E-state index is -3.96. The van der Waals surface area contributed by atoms with Crippen LogP contribution in [0, 0.1) is 11.8 Å². The van der Waals surface area contributed by atoms with E-state index in [-0.39, 0.29) is 23.3 Å². The van der Waals surface area contributed by atoms with Crippen molar-refractivity contribution in [2.75, 3.05) is 13.2 Å². The molecule has 8 nitrogen and oxygen atoms in total. The number of nitrogens with zero attached hydrogens (tertiary/aromatic N) is 2. The van der Waals surface area contributed by atoms with E-state index >= 15 is 0 Å². The van der Waals surface area contributed by atoms with E-state index in [1.54, 1.807) is 43.1 Å². The van der Waals surface area contributed by atoms with Crippen molar-refractivity contribution < 1.29 is 27.5 Å². The number of nitrogens with one attached hydrogen (secondary N) is 1. The third kappa shape index (κ3) is 6.38. The Hall–Kier alpha value is -2.89. The standard InChI is InChI=1S/C31H38FN3O5S2/c1-31(2,16-17-32)34-42(39,40)27-15-13-22(21-10-6-7-11-23(21)27)26-18-33-28(41-26)29(36)35(19-20-8-4-3-5-9-20)25-14-12-24(25)30(37)38/h6-7,10-11,13,15,18,20,24-25,34H,3-5,8-9,12,14,16-17,19H2,1-2H3,(H,37,38). The second kappa shape index (κ2) is 12.4. The number of carbonyl (C=O) groups is 2. The summed E-state index contributed by atoms with van der Waals surface area (Å²) in [5.41, 5.74) is -0.209. The summed E-state index contributed by atoms with van der Waals surface area (Å²) in [6, 6.07) is 10.1. The van der Waals surface area contributed by atoms with Crippen molar-refractivity contribution in [2.24, 2.45) is 11.8 Å². The summed E-state index contributed by atoms with van der Waals surface area (Å²) in [6.07, 6.45) is 8.45. The molecule has 1 heterocycles. The molecule has 0 saturated heterocycles. The van der Waals surface area contributed by atoms with Crippen LogP contribution in [-0.4, -0.2) is 60.1 Å². The molecular formula is C31H38FN3O5S2. The van der Waals surface area contributed by atoms with Crippen LogP contribution in [0.1, 0.15) is 75.0 Å². The molecule has 2 atom stereocenters. The maximum Gasteiger partial charge on any atom is 0.308 e. The second-order valence-corrected chi connectivity index (χ2v) is 14.8. The van der Waals surface area contributed by atoms with E-state index in [1.165, 1.54) is 23.8 Å². The minimum Gasteiger partial charge on any atom is -0.481 e. The van der Waals surface area contributed by atoms with Crippen LogP contribution in [0.2, 0.25) is 0 Å².